The molecule has 0 spiro atoms. The quantitative estimate of drug-likeness (QED) is 0.0197. The second-order valence-corrected chi connectivity index (χ2v) is 18.4. The zero-order valence-corrected chi connectivity index (χ0v) is 41.4. The Kier molecular flexibility index (Phi) is 40.3. The fourth-order valence-electron chi connectivity index (χ4n) is 7.46. The van der Waals surface area contributed by atoms with E-state index in [4.69, 9.17) is 18.9 Å². The first-order chi connectivity index (χ1) is 31.6. The predicted octanol–water partition coefficient (Wildman–Crippen LogP) is 11.7. The summed E-state index contributed by atoms with van der Waals surface area (Å²) >= 11 is 0. The van der Waals surface area contributed by atoms with Crippen LogP contribution in [0.1, 0.15) is 200 Å². The van der Waals surface area contributed by atoms with Crippen LogP contribution in [0.2, 0.25) is 0 Å². The molecule has 0 aromatic rings. The molecular weight excluding hydrogens is 849 g/mol. The number of hydrogen-bond donors (Lipinski definition) is 4. The molecule has 0 aliphatic carbocycles. The van der Waals surface area contributed by atoms with E-state index in [0.717, 1.165) is 83.5 Å². The summed E-state index contributed by atoms with van der Waals surface area (Å²) in [4.78, 5) is 12.9. The van der Waals surface area contributed by atoms with Crippen molar-refractivity contribution in [3.05, 3.63) is 60.8 Å². The molecule has 1 rings (SSSR count). The van der Waals surface area contributed by atoms with E-state index in [1.807, 2.05) is 0 Å². The summed E-state index contributed by atoms with van der Waals surface area (Å²) in [7, 11) is -5.07. The molecule has 0 aromatic carbocycles. The maximum Gasteiger partial charge on any atom is 0.397 e. The molecule has 1 aliphatic heterocycles. The first-order valence-corrected chi connectivity index (χ1v) is 26.9. The third kappa shape index (κ3) is 36.5. The summed E-state index contributed by atoms with van der Waals surface area (Å²) in [6, 6.07) is 0. The van der Waals surface area contributed by atoms with Crippen LogP contribution >= 0.6 is 0 Å². The largest absolute Gasteiger partial charge is 0.457 e. The Morgan fingerprint density at radius 3 is 1.52 bits per heavy atom. The molecule has 0 saturated carbocycles. The van der Waals surface area contributed by atoms with Gasteiger partial charge in [0.05, 0.1) is 19.8 Å². The minimum atomic E-state index is -5.07. The van der Waals surface area contributed by atoms with E-state index in [1.165, 1.54) is 89.9 Å². The van der Waals surface area contributed by atoms with Crippen LogP contribution in [0.4, 0.5) is 0 Å². The standard InChI is InChI=1S/C52H92O12S/c1-3-5-7-9-11-13-15-17-19-20-21-22-23-24-25-26-27-28-30-32-34-36-38-40-42-60-44-46(45-61-52-50(56)51(64-65(57,58)59)49(55)47(43-53)63-52)62-48(54)41-39-37-35-33-31-29-18-16-14-12-10-8-6-4-2/h10,12,15-18,20-21,23-24,46-47,49-53,55-56H,3-9,11,13-14,19,22,25-45H2,1-2H3,(H,57,58,59)/b12-10-,17-15-,18-16-,21-20-,24-23-. The molecular formula is C52H92O12S. The predicted molar refractivity (Wildman–Crippen MR) is 262 cm³/mol. The van der Waals surface area contributed by atoms with Gasteiger partial charge in [0.25, 0.3) is 0 Å². The van der Waals surface area contributed by atoms with Crippen molar-refractivity contribution in [2.75, 3.05) is 26.4 Å². The normalized spacial score (nSPS) is 20.1. The van der Waals surface area contributed by atoms with Gasteiger partial charge in [0.15, 0.2) is 6.29 Å². The fourth-order valence-corrected chi connectivity index (χ4v) is 7.97. The molecule has 1 heterocycles. The topological polar surface area (TPSA) is 178 Å². The molecule has 13 heteroatoms. The molecule has 1 aliphatic rings. The van der Waals surface area contributed by atoms with Gasteiger partial charge in [0.1, 0.15) is 30.5 Å². The van der Waals surface area contributed by atoms with E-state index in [2.05, 4.69) is 78.8 Å². The van der Waals surface area contributed by atoms with Crippen LogP contribution in [0, 0.1) is 0 Å². The Hall–Kier alpha value is -2.20. The van der Waals surface area contributed by atoms with Gasteiger partial charge >= 0.3 is 16.4 Å². The molecule has 0 bridgehead atoms. The number of aliphatic hydroxyl groups is 3. The van der Waals surface area contributed by atoms with Gasteiger partial charge in [0.2, 0.25) is 0 Å². The highest BCUT2D eigenvalue weighted by molar-refractivity contribution is 7.80. The van der Waals surface area contributed by atoms with Gasteiger partial charge in [-0.3, -0.25) is 9.35 Å². The number of rotatable bonds is 44. The Labute approximate surface area is 395 Å². The number of ether oxygens (including phenoxy) is 4. The number of carbonyl (C=O) groups is 1. The molecule has 65 heavy (non-hydrogen) atoms. The van der Waals surface area contributed by atoms with E-state index >= 15 is 0 Å². The van der Waals surface area contributed by atoms with Crippen molar-refractivity contribution in [1.29, 1.82) is 0 Å². The third-order valence-corrected chi connectivity index (χ3v) is 11.8. The smallest absolute Gasteiger partial charge is 0.397 e. The van der Waals surface area contributed by atoms with Crippen molar-refractivity contribution in [3.8, 4) is 0 Å². The van der Waals surface area contributed by atoms with Gasteiger partial charge < -0.3 is 34.3 Å². The summed E-state index contributed by atoms with van der Waals surface area (Å²) < 4.78 is 59.2. The van der Waals surface area contributed by atoms with Crippen LogP contribution in [0.15, 0.2) is 60.8 Å². The van der Waals surface area contributed by atoms with Gasteiger partial charge in [-0.15, -0.1) is 0 Å². The average molecular weight is 941 g/mol. The zero-order valence-electron chi connectivity index (χ0n) is 40.5. The van der Waals surface area contributed by atoms with Gasteiger partial charge in [-0.25, -0.2) is 4.18 Å². The number of unbranched alkanes of at least 4 members (excludes halogenated alkanes) is 21. The molecule has 0 amide bonds. The Morgan fingerprint density at radius 1 is 0.585 bits per heavy atom. The average Bonchev–Trinajstić information content (AvgIpc) is 3.28. The van der Waals surface area contributed by atoms with Gasteiger partial charge in [-0.1, -0.05) is 177 Å². The Bertz CT molecular complexity index is 1360. The molecule has 0 aromatic heterocycles. The molecule has 6 unspecified atom stereocenters. The lowest BCUT2D eigenvalue weighted by Crippen LogP contribution is -2.60. The molecule has 4 N–H and O–H groups in total. The summed E-state index contributed by atoms with van der Waals surface area (Å²) in [6.07, 6.45) is 45.4. The van der Waals surface area contributed by atoms with Gasteiger partial charge in [0, 0.05) is 13.0 Å². The maximum absolute atomic E-state index is 12.9. The highest BCUT2D eigenvalue weighted by Crippen LogP contribution is 2.26. The number of allylic oxidation sites excluding steroid dienone is 10. The molecule has 6 atom stereocenters. The number of esters is 1. The fraction of sp³-hybridized carbons (Fsp3) is 0.788. The van der Waals surface area contributed by atoms with Crippen LogP contribution in [-0.2, 0) is 38.3 Å². The molecule has 0 radical (unpaired) electrons. The van der Waals surface area contributed by atoms with Crippen LogP contribution in [-0.4, -0.2) is 97.5 Å². The maximum atomic E-state index is 12.9. The van der Waals surface area contributed by atoms with E-state index in [-0.39, 0.29) is 19.6 Å². The molecule has 1 fully saturated rings. The lowest BCUT2D eigenvalue weighted by molar-refractivity contribution is -0.301. The second kappa shape index (κ2) is 43.1. The Morgan fingerprint density at radius 2 is 1.03 bits per heavy atom. The van der Waals surface area contributed by atoms with Crippen LogP contribution in [0.5, 0.6) is 0 Å². The first-order valence-electron chi connectivity index (χ1n) is 25.5. The third-order valence-electron chi connectivity index (χ3n) is 11.4. The van der Waals surface area contributed by atoms with Crippen molar-refractivity contribution in [3.63, 3.8) is 0 Å². The van der Waals surface area contributed by atoms with E-state index in [1.54, 1.807) is 0 Å². The zero-order chi connectivity index (χ0) is 47.5. The summed E-state index contributed by atoms with van der Waals surface area (Å²) in [6.45, 7) is 3.91. The number of aliphatic hydroxyl groups excluding tert-OH is 3. The highest BCUT2D eigenvalue weighted by atomic mass is 32.3. The monoisotopic (exact) mass is 941 g/mol. The van der Waals surface area contributed by atoms with Crippen LogP contribution in [0.25, 0.3) is 0 Å². The van der Waals surface area contributed by atoms with Crippen molar-refractivity contribution < 1.29 is 56.2 Å². The van der Waals surface area contributed by atoms with Crippen molar-refractivity contribution in [2.24, 2.45) is 0 Å². The number of carbonyl (C=O) groups excluding carboxylic acids is 1. The van der Waals surface area contributed by atoms with Crippen LogP contribution in [0.3, 0.4) is 0 Å². The summed E-state index contributed by atoms with van der Waals surface area (Å²) in [5.41, 5.74) is 0. The second-order valence-electron chi connectivity index (χ2n) is 17.4. The van der Waals surface area contributed by atoms with Gasteiger partial charge in [-0.2, -0.15) is 8.42 Å². The Balaban J connectivity index is 2.35. The van der Waals surface area contributed by atoms with Crippen molar-refractivity contribution in [2.45, 2.75) is 237 Å². The molecule has 12 nitrogen and oxygen atoms in total. The highest BCUT2D eigenvalue weighted by Gasteiger charge is 2.48. The molecule has 1 saturated heterocycles. The SMILES string of the molecule is CCCC/C=C\C/C=C\CCCCCCCC(=O)OC(COCCCCCCCCCCC/C=C\C/C=C\C/C=C\CCCCCCC)COC1OC(CO)C(O)C(OS(=O)(=O)O)C1O. The first kappa shape index (κ1) is 60.8. The van der Waals surface area contributed by atoms with Crippen molar-refractivity contribution in [1.82, 2.24) is 0 Å². The lowest BCUT2D eigenvalue weighted by Gasteiger charge is -2.41. The van der Waals surface area contributed by atoms with Gasteiger partial charge in [-0.05, 0) is 77.0 Å². The minimum Gasteiger partial charge on any atom is -0.457 e. The van der Waals surface area contributed by atoms with Crippen LogP contribution < -0.4 is 0 Å². The van der Waals surface area contributed by atoms with E-state index in [0.29, 0.717) is 13.0 Å². The van der Waals surface area contributed by atoms with Crippen molar-refractivity contribution >= 4 is 16.4 Å². The summed E-state index contributed by atoms with van der Waals surface area (Å²) in [5.74, 6) is -0.416. The summed E-state index contributed by atoms with van der Waals surface area (Å²) in [5, 5.41) is 30.7. The van der Waals surface area contributed by atoms with E-state index < -0.39 is 59.8 Å². The lowest BCUT2D eigenvalue weighted by atomic mass is 9.99. The minimum absolute atomic E-state index is 0.0243. The number of hydrogen-bond acceptors (Lipinski definition) is 11. The molecule has 378 valence electrons. The van der Waals surface area contributed by atoms with E-state index in [9.17, 15) is 33.1 Å².